The van der Waals surface area contributed by atoms with Crippen LogP contribution >= 0.6 is 0 Å². The maximum Gasteiger partial charge on any atom is 0.231 e. The molecular formula is C14H11O3. The molecule has 2 aromatic carbocycles. The van der Waals surface area contributed by atoms with Crippen molar-refractivity contribution in [2.24, 2.45) is 0 Å². The molecule has 3 nitrogen and oxygen atoms in total. The van der Waals surface area contributed by atoms with Crippen LogP contribution in [0.5, 0.6) is 17.2 Å². The van der Waals surface area contributed by atoms with Gasteiger partial charge in [-0.1, -0.05) is 30.3 Å². The van der Waals surface area contributed by atoms with Gasteiger partial charge in [-0.3, -0.25) is 0 Å². The van der Waals surface area contributed by atoms with Gasteiger partial charge in [0.2, 0.25) is 12.5 Å². The van der Waals surface area contributed by atoms with Gasteiger partial charge in [0.25, 0.3) is 0 Å². The lowest BCUT2D eigenvalue weighted by Crippen LogP contribution is -1.97. The van der Waals surface area contributed by atoms with Gasteiger partial charge < -0.3 is 14.2 Å². The first kappa shape index (κ1) is 10.0. The van der Waals surface area contributed by atoms with Crippen LogP contribution in [0.15, 0.2) is 42.5 Å². The molecule has 0 bridgehead atoms. The fraction of sp³-hybridized carbons (Fsp3) is 0.143. The third kappa shape index (κ3) is 2.04. The van der Waals surface area contributed by atoms with Crippen molar-refractivity contribution in [1.29, 1.82) is 0 Å². The number of hydrogen-bond acceptors (Lipinski definition) is 3. The van der Waals surface area contributed by atoms with E-state index in [-0.39, 0.29) is 6.79 Å². The monoisotopic (exact) mass is 227 g/mol. The molecule has 3 heteroatoms. The molecule has 0 saturated heterocycles. The Labute approximate surface area is 99.6 Å². The van der Waals surface area contributed by atoms with Gasteiger partial charge in [-0.2, -0.15) is 0 Å². The average Bonchev–Trinajstić information content (AvgIpc) is 2.86. The molecule has 2 aromatic rings. The second-order valence-corrected chi connectivity index (χ2v) is 3.69. The first-order valence-electron chi connectivity index (χ1n) is 5.40. The molecule has 1 aliphatic rings. The number of benzene rings is 2. The van der Waals surface area contributed by atoms with E-state index in [2.05, 4.69) is 6.07 Å². The van der Waals surface area contributed by atoms with Crippen LogP contribution in [-0.4, -0.2) is 6.79 Å². The predicted octanol–water partition coefficient (Wildman–Crippen LogP) is 2.79. The Kier molecular flexibility index (Phi) is 2.58. The molecule has 0 aromatic heterocycles. The van der Waals surface area contributed by atoms with Gasteiger partial charge >= 0.3 is 0 Å². The maximum absolute atomic E-state index is 5.70. The van der Waals surface area contributed by atoms with Gasteiger partial charge in [-0.25, -0.2) is 0 Å². The van der Waals surface area contributed by atoms with Crippen molar-refractivity contribution in [3.63, 3.8) is 0 Å². The van der Waals surface area contributed by atoms with Crippen molar-refractivity contribution in [3.05, 3.63) is 54.1 Å². The van der Waals surface area contributed by atoms with Crippen LogP contribution in [-0.2, 0) is 6.61 Å². The zero-order valence-corrected chi connectivity index (χ0v) is 9.18. The van der Waals surface area contributed by atoms with Crippen LogP contribution in [0.1, 0.15) is 5.56 Å². The first-order valence-corrected chi connectivity index (χ1v) is 5.40. The van der Waals surface area contributed by atoms with E-state index in [9.17, 15) is 0 Å². The zero-order chi connectivity index (χ0) is 11.5. The molecule has 85 valence electrons. The van der Waals surface area contributed by atoms with Crippen LogP contribution in [0.3, 0.4) is 0 Å². The Hall–Kier alpha value is -2.16. The molecule has 17 heavy (non-hydrogen) atoms. The van der Waals surface area contributed by atoms with E-state index >= 15 is 0 Å². The lowest BCUT2D eigenvalue weighted by atomic mass is 10.2. The summed E-state index contributed by atoms with van der Waals surface area (Å²) in [6, 6.07) is 16.5. The minimum Gasteiger partial charge on any atom is -0.485 e. The summed E-state index contributed by atoms with van der Waals surface area (Å²) in [4.78, 5) is 0. The SMILES string of the molecule is [c]1cc2c(c(OCc3ccccc3)c1)OCO2. The van der Waals surface area contributed by atoms with E-state index in [1.807, 2.05) is 30.3 Å². The number of ether oxygens (including phenoxy) is 3. The molecule has 0 atom stereocenters. The summed E-state index contributed by atoms with van der Waals surface area (Å²) in [5, 5.41) is 0. The molecule has 1 heterocycles. The Morgan fingerprint density at radius 1 is 1.12 bits per heavy atom. The largest absolute Gasteiger partial charge is 0.485 e. The van der Waals surface area contributed by atoms with Crippen LogP contribution in [0.2, 0.25) is 0 Å². The van der Waals surface area contributed by atoms with E-state index in [0.29, 0.717) is 23.9 Å². The van der Waals surface area contributed by atoms with Crippen molar-refractivity contribution in [1.82, 2.24) is 0 Å². The number of rotatable bonds is 3. The second kappa shape index (κ2) is 4.37. The van der Waals surface area contributed by atoms with Gasteiger partial charge in [0.15, 0.2) is 11.5 Å². The molecule has 0 N–H and O–H groups in total. The van der Waals surface area contributed by atoms with Gasteiger partial charge in [-0.05, 0) is 23.8 Å². The van der Waals surface area contributed by atoms with E-state index in [4.69, 9.17) is 14.2 Å². The molecule has 0 unspecified atom stereocenters. The predicted molar refractivity (Wildman–Crippen MR) is 62.2 cm³/mol. The Morgan fingerprint density at radius 3 is 2.88 bits per heavy atom. The third-order valence-corrected chi connectivity index (χ3v) is 2.53. The Balaban J connectivity index is 1.76. The molecule has 0 spiro atoms. The highest BCUT2D eigenvalue weighted by molar-refractivity contribution is 5.52. The fourth-order valence-corrected chi connectivity index (χ4v) is 1.69. The van der Waals surface area contributed by atoms with E-state index < -0.39 is 0 Å². The van der Waals surface area contributed by atoms with Gasteiger partial charge in [-0.15, -0.1) is 0 Å². The molecular weight excluding hydrogens is 216 g/mol. The summed E-state index contributed by atoms with van der Waals surface area (Å²) in [7, 11) is 0. The van der Waals surface area contributed by atoms with Gasteiger partial charge in [0, 0.05) is 0 Å². The minimum atomic E-state index is 0.245. The summed E-state index contributed by atoms with van der Waals surface area (Å²) in [5.74, 6) is 2.03. The van der Waals surface area contributed by atoms with Crippen molar-refractivity contribution in [2.75, 3.05) is 6.79 Å². The topological polar surface area (TPSA) is 27.7 Å². The van der Waals surface area contributed by atoms with E-state index in [1.165, 1.54) is 0 Å². The Bertz CT molecular complexity index is 508. The quantitative estimate of drug-likeness (QED) is 0.807. The highest BCUT2D eigenvalue weighted by atomic mass is 16.7. The maximum atomic E-state index is 5.70. The lowest BCUT2D eigenvalue weighted by Gasteiger charge is -2.08. The summed E-state index contributed by atoms with van der Waals surface area (Å²) >= 11 is 0. The van der Waals surface area contributed by atoms with Crippen molar-refractivity contribution in [2.45, 2.75) is 6.61 Å². The standard InChI is InChI=1S/C14H11O3/c1-2-5-11(6-3-1)9-15-12-7-4-8-13-14(12)17-10-16-13/h1-3,5-8H,9-10H2. The number of fused-ring (bicyclic) bond motifs is 1. The van der Waals surface area contributed by atoms with Crippen molar-refractivity contribution < 1.29 is 14.2 Å². The van der Waals surface area contributed by atoms with Gasteiger partial charge in [0.05, 0.1) is 0 Å². The lowest BCUT2D eigenvalue weighted by molar-refractivity contribution is 0.169. The smallest absolute Gasteiger partial charge is 0.231 e. The third-order valence-electron chi connectivity index (χ3n) is 2.53. The first-order chi connectivity index (χ1) is 8.43. The van der Waals surface area contributed by atoms with Crippen LogP contribution in [0, 0.1) is 6.07 Å². The normalized spacial score (nSPS) is 12.5. The Morgan fingerprint density at radius 2 is 2.00 bits per heavy atom. The van der Waals surface area contributed by atoms with Crippen LogP contribution in [0.25, 0.3) is 0 Å². The molecule has 3 rings (SSSR count). The van der Waals surface area contributed by atoms with E-state index in [0.717, 1.165) is 5.56 Å². The van der Waals surface area contributed by atoms with Crippen LogP contribution in [0.4, 0.5) is 0 Å². The molecule has 0 saturated carbocycles. The van der Waals surface area contributed by atoms with Crippen molar-refractivity contribution >= 4 is 0 Å². The summed E-state index contributed by atoms with van der Waals surface area (Å²) in [5.41, 5.74) is 1.11. The van der Waals surface area contributed by atoms with Gasteiger partial charge in [0.1, 0.15) is 6.61 Å². The number of hydrogen-bond donors (Lipinski definition) is 0. The molecule has 0 fully saturated rings. The van der Waals surface area contributed by atoms with Crippen molar-refractivity contribution in [3.8, 4) is 17.2 Å². The molecule has 1 radical (unpaired) electrons. The summed E-state index contributed by atoms with van der Waals surface area (Å²) < 4.78 is 16.3. The van der Waals surface area contributed by atoms with E-state index in [1.54, 1.807) is 12.1 Å². The molecule has 0 aliphatic carbocycles. The zero-order valence-electron chi connectivity index (χ0n) is 9.18. The fourth-order valence-electron chi connectivity index (χ4n) is 1.69. The average molecular weight is 227 g/mol. The second-order valence-electron chi connectivity index (χ2n) is 3.69. The summed E-state index contributed by atoms with van der Waals surface area (Å²) in [6.07, 6.45) is 0. The summed E-state index contributed by atoms with van der Waals surface area (Å²) in [6.45, 7) is 0.753. The van der Waals surface area contributed by atoms with Crippen LogP contribution < -0.4 is 14.2 Å². The minimum absolute atomic E-state index is 0.245. The molecule has 1 aliphatic heterocycles. The molecule has 0 amide bonds. The highest BCUT2D eigenvalue weighted by Crippen LogP contribution is 2.40. The highest BCUT2D eigenvalue weighted by Gasteiger charge is 2.18.